The second-order valence-corrected chi connectivity index (χ2v) is 9.89. The van der Waals surface area contributed by atoms with Crippen LogP contribution in [0.3, 0.4) is 0 Å². The molecule has 0 radical (unpaired) electrons. The van der Waals surface area contributed by atoms with Gasteiger partial charge in [-0.15, -0.1) is 0 Å². The molecule has 1 aromatic heterocycles. The van der Waals surface area contributed by atoms with Gasteiger partial charge in [0.15, 0.2) is 5.13 Å². The topological polar surface area (TPSA) is 77.3 Å². The molecular weight excluding hydrogens is 432 g/mol. The summed E-state index contributed by atoms with van der Waals surface area (Å²) in [6, 6.07) is 2.03. The van der Waals surface area contributed by atoms with Crippen molar-refractivity contribution in [2.24, 2.45) is 0 Å². The van der Waals surface area contributed by atoms with Gasteiger partial charge in [0.25, 0.3) is 11.8 Å². The van der Waals surface area contributed by atoms with E-state index in [0.29, 0.717) is 24.1 Å². The molecule has 33 heavy (non-hydrogen) atoms. The fourth-order valence-electron chi connectivity index (χ4n) is 3.77. The average molecular weight is 471 g/mol. The first-order chi connectivity index (χ1) is 15.8. The first-order valence-electron chi connectivity index (χ1n) is 12.2. The molecule has 1 aliphatic rings. The number of carbonyl (C=O) groups is 2. The lowest BCUT2D eigenvalue weighted by Gasteiger charge is -2.27. The van der Waals surface area contributed by atoms with Crippen molar-refractivity contribution in [2.75, 3.05) is 24.5 Å². The summed E-state index contributed by atoms with van der Waals surface area (Å²) in [6.45, 7) is 14.6. The number of hydrogen-bond acceptors (Lipinski definition) is 6. The Labute approximate surface area is 203 Å². The van der Waals surface area contributed by atoms with Gasteiger partial charge < -0.3 is 4.90 Å². The Hall–Kier alpha value is -2.46. The number of hydrogen-bond donors (Lipinski definition) is 0. The molecule has 0 unspecified atom stereocenters. The van der Waals surface area contributed by atoms with Gasteiger partial charge in [-0.3, -0.25) is 14.5 Å². The summed E-state index contributed by atoms with van der Waals surface area (Å²) in [5, 5.41) is 10.6. The minimum atomic E-state index is -0.481. The summed E-state index contributed by atoms with van der Waals surface area (Å²) < 4.78 is 0. The summed E-state index contributed by atoms with van der Waals surface area (Å²) in [7, 11) is 0. The Morgan fingerprint density at radius 3 is 2.18 bits per heavy atom. The summed E-state index contributed by atoms with van der Waals surface area (Å²) in [6.07, 6.45) is 7.90. The van der Waals surface area contributed by atoms with Crippen LogP contribution in [-0.2, 0) is 9.59 Å². The molecule has 0 atom stereocenters. The second kappa shape index (κ2) is 12.7. The van der Waals surface area contributed by atoms with Crippen LogP contribution < -0.4 is 4.90 Å². The molecule has 1 aromatic rings. The van der Waals surface area contributed by atoms with Crippen molar-refractivity contribution in [3.8, 4) is 6.07 Å². The average Bonchev–Trinajstić information content (AvgIpc) is 3.21. The quantitative estimate of drug-likeness (QED) is 0.274. The van der Waals surface area contributed by atoms with Gasteiger partial charge in [-0.1, -0.05) is 65.2 Å². The Bertz CT molecular complexity index is 944. The van der Waals surface area contributed by atoms with Crippen molar-refractivity contribution >= 4 is 34.4 Å². The van der Waals surface area contributed by atoms with Gasteiger partial charge in [0, 0.05) is 25.2 Å². The maximum Gasteiger partial charge on any atom is 0.271 e. The number of amides is 2. The van der Waals surface area contributed by atoms with Crippen LogP contribution in [0.4, 0.5) is 5.13 Å². The van der Waals surface area contributed by atoms with E-state index in [2.05, 4.69) is 32.6 Å². The van der Waals surface area contributed by atoms with E-state index < -0.39 is 5.91 Å². The molecule has 0 saturated heterocycles. The molecule has 0 aromatic carbocycles. The van der Waals surface area contributed by atoms with E-state index in [1.54, 1.807) is 18.3 Å². The number of unbranched alkanes of at least 4 members (excludes halogenated alkanes) is 3. The molecule has 0 fully saturated rings. The molecule has 0 spiro atoms. The van der Waals surface area contributed by atoms with E-state index >= 15 is 0 Å². The van der Waals surface area contributed by atoms with E-state index in [0.717, 1.165) is 60.9 Å². The number of rotatable bonds is 12. The molecule has 0 N–H and O–H groups in total. The highest BCUT2D eigenvalue weighted by Gasteiger charge is 2.35. The number of nitrogens with zero attached hydrogens (tertiary/aromatic N) is 4. The minimum absolute atomic E-state index is 0.0558. The fraction of sp³-hybridized carbons (Fsp3) is 0.615. The highest BCUT2D eigenvalue weighted by atomic mass is 32.1. The van der Waals surface area contributed by atoms with E-state index in [1.807, 2.05) is 19.1 Å². The Morgan fingerprint density at radius 2 is 1.67 bits per heavy atom. The lowest BCUT2D eigenvalue weighted by molar-refractivity contribution is -0.140. The molecule has 2 heterocycles. The molecular formula is C26H38N4O2S. The Balaban J connectivity index is 2.56. The molecule has 180 valence electrons. The second-order valence-electron chi connectivity index (χ2n) is 8.88. The third-order valence-electron chi connectivity index (χ3n) is 5.89. The van der Waals surface area contributed by atoms with Crippen molar-refractivity contribution < 1.29 is 9.59 Å². The number of imide groups is 1. The fourth-order valence-corrected chi connectivity index (χ4v) is 4.98. The van der Waals surface area contributed by atoms with Gasteiger partial charge in [0.05, 0.1) is 10.6 Å². The maximum atomic E-state index is 13.3. The third kappa shape index (κ3) is 6.32. The molecule has 0 saturated carbocycles. The van der Waals surface area contributed by atoms with Crippen LogP contribution in [0.5, 0.6) is 0 Å². The van der Waals surface area contributed by atoms with Crippen LogP contribution in [0.2, 0.25) is 0 Å². The van der Waals surface area contributed by atoms with Crippen LogP contribution >= 0.6 is 11.3 Å². The monoisotopic (exact) mass is 470 g/mol. The predicted molar refractivity (Wildman–Crippen MR) is 136 cm³/mol. The van der Waals surface area contributed by atoms with Crippen LogP contribution in [0, 0.1) is 11.3 Å². The van der Waals surface area contributed by atoms with Gasteiger partial charge in [-0.05, 0) is 43.8 Å². The van der Waals surface area contributed by atoms with Gasteiger partial charge in [0.1, 0.15) is 11.6 Å². The zero-order chi connectivity index (χ0) is 24.5. The predicted octanol–water partition coefficient (Wildman–Crippen LogP) is 6.07. The van der Waals surface area contributed by atoms with Crippen LogP contribution in [-0.4, -0.2) is 41.3 Å². The van der Waals surface area contributed by atoms with Crippen molar-refractivity contribution in [3.05, 3.63) is 27.3 Å². The van der Waals surface area contributed by atoms with Gasteiger partial charge >= 0.3 is 0 Å². The third-order valence-corrected chi connectivity index (χ3v) is 6.97. The van der Waals surface area contributed by atoms with Crippen LogP contribution in [0.15, 0.2) is 16.7 Å². The van der Waals surface area contributed by atoms with Crippen LogP contribution in [0.1, 0.15) is 96.6 Å². The van der Waals surface area contributed by atoms with E-state index in [-0.39, 0.29) is 17.4 Å². The standard InChI is InChI=1S/C26H38N4O2S/c1-7-10-13-29(14-11-8-2)26-28-23(18(4)5)22(33-26)16-20-19(6)21(17-27)25(32)30(24(20)31)15-12-9-3/h16,18H,7-15H2,1-6H3/b20-16+. The van der Waals surface area contributed by atoms with Gasteiger partial charge in [-0.2, -0.15) is 5.26 Å². The molecule has 1 aliphatic heterocycles. The zero-order valence-electron chi connectivity index (χ0n) is 21.0. The molecule has 0 aliphatic carbocycles. The number of aromatic nitrogens is 1. The minimum Gasteiger partial charge on any atom is -0.348 e. The number of nitriles is 1. The first-order valence-corrected chi connectivity index (χ1v) is 13.1. The van der Waals surface area contributed by atoms with E-state index in [9.17, 15) is 14.9 Å². The van der Waals surface area contributed by atoms with Crippen molar-refractivity contribution in [1.29, 1.82) is 5.26 Å². The van der Waals surface area contributed by atoms with Crippen LogP contribution in [0.25, 0.3) is 6.08 Å². The highest BCUT2D eigenvalue weighted by molar-refractivity contribution is 7.16. The smallest absolute Gasteiger partial charge is 0.271 e. The Kier molecular flexibility index (Phi) is 10.3. The molecule has 2 rings (SSSR count). The van der Waals surface area contributed by atoms with E-state index in [4.69, 9.17) is 4.98 Å². The largest absolute Gasteiger partial charge is 0.348 e. The molecule has 7 heteroatoms. The molecule has 6 nitrogen and oxygen atoms in total. The SMILES string of the molecule is CCCCN1C(=O)C(C#N)=C(C)/C(=C\c2sc(N(CCCC)CCCC)nc2C(C)C)C1=O. The Morgan fingerprint density at radius 1 is 1.06 bits per heavy atom. The van der Waals surface area contributed by atoms with Crippen molar-refractivity contribution in [2.45, 2.75) is 86.0 Å². The normalized spacial score (nSPS) is 15.7. The van der Waals surface area contributed by atoms with Gasteiger partial charge in [-0.25, -0.2) is 4.98 Å². The van der Waals surface area contributed by atoms with Gasteiger partial charge in [0.2, 0.25) is 0 Å². The van der Waals surface area contributed by atoms with Crippen molar-refractivity contribution in [1.82, 2.24) is 9.88 Å². The molecule has 0 bridgehead atoms. The molecule has 2 amide bonds. The lowest BCUT2D eigenvalue weighted by Crippen LogP contribution is -2.43. The lowest BCUT2D eigenvalue weighted by atomic mass is 9.94. The maximum absolute atomic E-state index is 13.3. The summed E-state index contributed by atoms with van der Waals surface area (Å²) >= 11 is 1.60. The van der Waals surface area contributed by atoms with Crippen molar-refractivity contribution in [3.63, 3.8) is 0 Å². The van der Waals surface area contributed by atoms with E-state index in [1.165, 1.54) is 4.90 Å². The number of thiazole rings is 1. The number of carbonyl (C=O) groups excluding carboxylic acids is 2. The summed E-state index contributed by atoms with van der Waals surface area (Å²) in [4.78, 5) is 35.5. The highest BCUT2D eigenvalue weighted by Crippen LogP contribution is 2.35. The zero-order valence-corrected chi connectivity index (χ0v) is 21.8. The summed E-state index contributed by atoms with van der Waals surface area (Å²) in [5.41, 5.74) is 1.89. The first kappa shape index (κ1) is 26.8. The summed E-state index contributed by atoms with van der Waals surface area (Å²) in [5.74, 6) is -0.606. The number of anilines is 1.